The van der Waals surface area contributed by atoms with E-state index in [1.807, 2.05) is 30.3 Å². The molecule has 2 rings (SSSR count). The predicted octanol–water partition coefficient (Wildman–Crippen LogP) is 2.60. The van der Waals surface area contributed by atoms with Crippen molar-refractivity contribution < 1.29 is 9.53 Å². The smallest absolute Gasteiger partial charge is 0.258 e. The lowest BCUT2D eigenvalue weighted by atomic mass is 10.1. The molecule has 0 aliphatic heterocycles. The zero-order valence-corrected chi connectivity index (χ0v) is 10.7. The van der Waals surface area contributed by atoms with Crippen LogP contribution in [0.15, 0.2) is 54.6 Å². The maximum atomic E-state index is 12.2. The number of rotatable bonds is 4. The molecule has 0 fully saturated rings. The highest BCUT2D eigenvalue weighted by molar-refractivity contribution is 5.95. The fourth-order valence-electron chi connectivity index (χ4n) is 1.80. The van der Waals surface area contributed by atoms with Gasteiger partial charge in [-0.05, 0) is 29.8 Å². The van der Waals surface area contributed by atoms with E-state index in [1.54, 1.807) is 24.3 Å². The van der Waals surface area contributed by atoms with Gasteiger partial charge in [-0.2, -0.15) is 0 Å². The molecular formula is C15H16N2O2. The molecule has 0 aromatic heterocycles. The largest absolute Gasteiger partial charge is 0.399 e. The standard InChI is InChI=1S/C15H16N2O2/c1-19-14(11-5-3-2-4-6-11)15(18)17-13-9-7-12(16)8-10-13/h2-10,14H,16H2,1H3,(H,17,18). The minimum atomic E-state index is -0.626. The van der Waals surface area contributed by atoms with Gasteiger partial charge in [-0.1, -0.05) is 30.3 Å². The highest BCUT2D eigenvalue weighted by atomic mass is 16.5. The number of nitrogen functional groups attached to an aromatic ring is 1. The van der Waals surface area contributed by atoms with E-state index in [2.05, 4.69) is 5.32 Å². The maximum Gasteiger partial charge on any atom is 0.258 e. The van der Waals surface area contributed by atoms with Crippen LogP contribution in [0.2, 0.25) is 0 Å². The first-order valence-corrected chi connectivity index (χ1v) is 5.95. The van der Waals surface area contributed by atoms with E-state index in [1.165, 1.54) is 7.11 Å². The molecule has 0 aliphatic rings. The Labute approximate surface area is 112 Å². The zero-order chi connectivity index (χ0) is 13.7. The first-order valence-electron chi connectivity index (χ1n) is 5.95. The fourth-order valence-corrected chi connectivity index (χ4v) is 1.80. The van der Waals surface area contributed by atoms with Crippen molar-refractivity contribution in [3.63, 3.8) is 0 Å². The van der Waals surface area contributed by atoms with Crippen molar-refractivity contribution in [2.24, 2.45) is 0 Å². The molecule has 4 nitrogen and oxygen atoms in total. The van der Waals surface area contributed by atoms with E-state index in [0.29, 0.717) is 11.4 Å². The highest BCUT2D eigenvalue weighted by Crippen LogP contribution is 2.19. The van der Waals surface area contributed by atoms with Crippen molar-refractivity contribution in [3.8, 4) is 0 Å². The summed E-state index contributed by atoms with van der Waals surface area (Å²) in [7, 11) is 1.51. The van der Waals surface area contributed by atoms with Gasteiger partial charge in [0, 0.05) is 18.5 Å². The number of nitrogens with one attached hydrogen (secondary N) is 1. The lowest BCUT2D eigenvalue weighted by molar-refractivity contribution is -0.126. The number of carbonyl (C=O) groups excluding carboxylic acids is 1. The molecular weight excluding hydrogens is 240 g/mol. The number of amides is 1. The van der Waals surface area contributed by atoms with Gasteiger partial charge in [0.05, 0.1) is 0 Å². The Morgan fingerprint density at radius 3 is 2.32 bits per heavy atom. The van der Waals surface area contributed by atoms with Crippen LogP contribution in [-0.4, -0.2) is 13.0 Å². The molecule has 3 N–H and O–H groups in total. The maximum absolute atomic E-state index is 12.2. The number of hydrogen-bond donors (Lipinski definition) is 2. The van der Waals surface area contributed by atoms with Crippen LogP contribution in [0.1, 0.15) is 11.7 Å². The number of nitrogens with two attached hydrogens (primary N) is 1. The summed E-state index contributed by atoms with van der Waals surface area (Å²) >= 11 is 0. The van der Waals surface area contributed by atoms with Crippen LogP contribution in [0.3, 0.4) is 0 Å². The molecule has 1 atom stereocenters. The van der Waals surface area contributed by atoms with Crippen molar-refractivity contribution >= 4 is 17.3 Å². The molecule has 2 aromatic rings. The van der Waals surface area contributed by atoms with Crippen LogP contribution in [0, 0.1) is 0 Å². The molecule has 0 heterocycles. The van der Waals surface area contributed by atoms with Gasteiger partial charge < -0.3 is 15.8 Å². The number of ether oxygens (including phenoxy) is 1. The zero-order valence-electron chi connectivity index (χ0n) is 10.7. The summed E-state index contributed by atoms with van der Waals surface area (Å²) in [6.07, 6.45) is -0.626. The average molecular weight is 256 g/mol. The molecule has 4 heteroatoms. The summed E-state index contributed by atoms with van der Waals surface area (Å²) < 4.78 is 5.26. The van der Waals surface area contributed by atoms with E-state index in [0.717, 1.165) is 5.56 Å². The van der Waals surface area contributed by atoms with Gasteiger partial charge in [0.1, 0.15) is 0 Å². The van der Waals surface area contributed by atoms with Crippen molar-refractivity contribution in [1.82, 2.24) is 0 Å². The number of carbonyl (C=O) groups is 1. The summed E-state index contributed by atoms with van der Waals surface area (Å²) in [6, 6.07) is 16.3. The molecule has 0 radical (unpaired) electrons. The van der Waals surface area contributed by atoms with Gasteiger partial charge in [0.15, 0.2) is 6.10 Å². The molecule has 0 bridgehead atoms. The van der Waals surface area contributed by atoms with Gasteiger partial charge in [-0.3, -0.25) is 4.79 Å². The van der Waals surface area contributed by atoms with Crippen LogP contribution in [0.5, 0.6) is 0 Å². The molecule has 0 saturated carbocycles. The van der Waals surface area contributed by atoms with Gasteiger partial charge in [-0.25, -0.2) is 0 Å². The van der Waals surface area contributed by atoms with Gasteiger partial charge in [0.25, 0.3) is 5.91 Å². The third-order valence-corrected chi connectivity index (χ3v) is 2.75. The van der Waals surface area contributed by atoms with Crippen LogP contribution in [-0.2, 0) is 9.53 Å². The third kappa shape index (κ3) is 3.33. The first kappa shape index (κ1) is 13.1. The van der Waals surface area contributed by atoms with Crippen molar-refractivity contribution in [1.29, 1.82) is 0 Å². The molecule has 1 unspecified atom stereocenters. The van der Waals surface area contributed by atoms with Crippen LogP contribution in [0.4, 0.5) is 11.4 Å². The van der Waals surface area contributed by atoms with E-state index in [-0.39, 0.29) is 5.91 Å². The summed E-state index contributed by atoms with van der Waals surface area (Å²) in [5.74, 6) is -0.210. The Hall–Kier alpha value is -2.33. The molecule has 0 spiro atoms. The van der Waals surface area contributed by atoms with E-state index in [9.17, 15) is 4.79 Å². The number of benzene rings is 2. The van der Waals surface area contributed by atoms with Gasteiger partial charge in [-0.15, -0.1) is 0 Å². The van der Waals surface area contributed by atoms with Crippen molar-refractivity contribution in [2.75, 3.05) is 18.2 Å². The third-order valence-electron chi connectivity index (χ3n) is 2.75. The Morgan fingerprint density at radius 2 is 1.74 bits per heavy atom. The lowest BCUT2D eigenvalue weighted by Gasteiger charge is -2.15. The SMILES string of the molecule is COC(C(=O)Nc1ccc(N)cc1)c1ccccc1. The van der Waals surface area contributed by atoms with E-state index in [4.69, 9.17) is 10.5 Å². The minimum Gasteiger partial charge on any atom is -0.399 e. The Kier molecular flexibility index (Phi) is 4.15. The number of methoxy groups -OCH3 is 1. The average Bonchev–Trinajstić information content (AvgIpc) is 2.43. The van der Waals surface area contributed by atoms with Crippen molar-refractivity contribution in [3.05, 3.63) is 60.2 Å². The first-order chi connectivity index (χ1) is 9.20. The van der Waals surface area contributed by atoms with Gasteiger partial charge in [0.2, 0.25) is 0 Å². The number of anilines is 2. The van der Waals surface area contributed by atoms with E-state index < -0.39 is 6.10 Å². The molecule has 98 valence electrons. The number of hydrogen-bond acceptors (Lipinski definition) is 3. The molecule has 0 saturated heterocycles. The Balaban J connectivity index is 2.11. The van der Waals surface area contributed by atoms with Gasteiger partial charge >= 0.3 is 0 Å². The Bertz CT molecular complexity index is 538. The highest BCUT2D eigenvalue weighted by Gasteiger charge is 2.19. The second-order valence-corrected chi connectivity index (χ2v) is 4.14. The minimum absolute atomic E-state index is 0.210. The molecule has 0 aliphatic carbocycles. The summed E-state index contributed by atoms with van der Waals surface area (Å²) in [5, 5.41) is 2.80. The summed E-state index contributed by atoms with van der Waals surface area (Å²) in [5.41, 5.74) is 7.76. The Morgan fingerprint density at radius 1 is 1.11 bits per heavy atom. The molecule has 2 aromatic carbocycles. The molecule has 19 heavy (non-hydrogen) atoms. The second-order valence-electron chi connectivity index (χ2n) is 4.14. The van der Waals surface area contributed by atoms with Crippen LogP contribution >= 0.6 is 0 Å². The van der Waals surface area contributed by atoms with E-state index >= 15 is 0 Å². The van der Waals surface area contributed by atoms with Crippen molar-refractivity contribution in [2.45, 2.75) is 6.10 Å². The lowest BCUT2D eigenvalue weighted by Crippen LogP contribution is -2.22. The molecule has 1 amide bonds. The normalized spacial score (nSPS) is 11.8. The summed E-state index contributed by atoms with van der Waals surface area (Å²) in [4.78, 5) is 12.2. The second kappa shape index (κ2) is 6.02. The van der Waals surface area contributed by atoms with Crippen LogP contribution < -0.4 is 11.1 Å². The fraction of sp³-hybridized carbons (Fsp3) is 0.133. The predicted molar refractivity (Wildman–Crippen MR) is 75.7 cm³/mol. The summed E-state index contributed by atoms with van der Waals surface area (Å²) in [6.45, 7) is 0. The monoisotopic (exact) mass is 256 g/mol. The topological polar surface area (TPSA) is 64.3 Å². The quantitative estimate of drug-likeness (QED) is 0.826. The van der Waals surface area contributed by atoms with Crippen LogP contribution in [0.25, 0.3) is 0 Å².